The maximum atomic E-state index is 8.82. The first-order valence-electron chi connectivity index (χ1n) is 13.8. The van der Waals surface area contributed by atoms with E-state index < -0.39 is 25.5 Å². The Morgan fingerprint density at radius 1 is 0.933 bits per heavy atom. The zero-order valence-corrected chi connectivity index (χ0v) is 17.0. The van der Waals surface area contributed by atoms with Crippen molar-refractivity contribution < 1.29 is 15.4 Å². The maximum Gasteiger partial charge on any atom is 0.144 e. The molecule has 30 heavy (non-hydrogen) atoms. The van der Waals surface area contributed by atoms with Crippen molar-refractivity contribution in [3.8, 4) is 11.3 Å². The number of furan rings is 1. The highest BCUT2D eigenvalue weighted by atomic mass is 16.3. The monoisotopic (exact) mass is 402 g/mol. The number of aryl methyl sites for hydroxylation is 2. The topological polar surface area (TPSA) is 38.9 Å². The van der Waals surface area contributed by atoms with Gasteiger partial charge in [-0.1, -0.05) is 39.0 Å². The fourth-order valence-corrected chi connectivity index (χ4v) is 3.79. The van der Waals surface area contributed by atoms with Gasteiger partial charge in [0.1, 0.15) is 11.2 Å². The van der Waals surface area contributed by atoms with Gasteiger partial charge < -0.3 is 4.42 Å². The van der Waals surface area contributed by atoms with Crippen LogP contribution >= 0.6 is 0 Å². The number of hydrogen-bond acceptors (Lipinski definition) is 3. The molecule has 3 aromatic heterocycles. The zero-order valence-electron chi connectivity index (χ0n) is 25.0. The Kier molecular flexibility index (Phi) is 2.63. The minimum absolute atomic E-state index is 0.000320. The molecular formula is C27H26N2O. The van der Waals surface area contributed by atoms with Crippen molar-refractivity contribution in [2.24, 2.45) is 5.41 Å². The van der Waals surface area contributed by atoms with Crippen molar-refractivity contribution >= 4 is 32.7 Å². The highest BCUT2D eigenvalue weighted by molar-refractivity contribution is 6.16. The first-order chi connectivity index (χ1) is 17.5. The van der Waals surface area contributed by atoms with Gasteiger partial charge in [-0.3, -0.25) is 9.97 Å². The van der Waals surface area contributed by atoms with Gasteiger partial charge in [-0.2, -0.15) is 0 Å². The Morgan fingerprint density at radius 2 is 1.80 bits per heavy atom. The van der Waals surface area contributed by atoms with Gasteiger partial charge in [0.25, 0.3) is 0 Å². The van der Waals surface area contributed by atoms with Crippen LogP contribution in [0, 0.1) is 19.1 Å². The van der Waals surface area contributed by atoms with Crippen LogP contribution in [0.25, 0.3) is 44.0 Å². The predicted octanol–water partition coefficient (Wildman–Crippen LogP) is 7.40. The van der Waals surface area contributed by atoms with E-state index in [1.165, 1.54) is 24.5 Å². The van der Waals surface area contributed by atoms with E-state index in [2.05, 4.69) is 9.97 Å². The normalized spacial score (nSPS) is 17.6. The molecule has 0 unspecified atom stereocenters. The molecule has 3 heterocycles. The maximum absolute atomic E-state index is 8.82. The van der Waals surface area contributed by atoms with E-state index in [-0.39, 0.29) is 16.8 Å². The summed E-state index contributed by atoms with van der Waals surface area (Å²) in [7, 11) is 0. The minimum atomic E-state index is -2.54. The van der Waals surface area contributed by atoms with Crippen molar-refractivity contribution in [1.82, 2.24) is 9.97 Å². The van der Waals surface area contributed by atoms with E-state index in [1.54, 1.807) is 26.8 Å². The summed E-state index contributed by atoms with van der Waals surface area (Å²) in [5, 5.41) is 2.94. The number of aromatic nitrogens is 2. The second-order valence-electron chi connectivity index (χ2n) is 8.51. The molecule has 2 aromatic carbocycles. The van der Waals surface area contributed by atoms with E-state index in [0.29, 0.717) is 33.2 Å². The van der Waals surface area contributed by atoms with Gasteiger partial charge in [-0.15, -0.1) is 0 Å². The molecule has 0 N–H and O–H groups in total. The van der Waals surface area contributed by atoms with Crippen LogP contribution in [-0.4, -0.2) is 9.97 Å². The molecule has 5 rings (SSSR count). The zero-order chi connectivity index (χ0) is 27.8. The largest absolute Gasteiger partial charge is 0.455 e. The molecule has 5 aromatic rings. The first-order valence-corrected chi connectivity index (χ1v) is 9.76. The van der Waals surface area contributed by atoms with Gasteiger partial charge in [0.05, 0.1) is 5.69 Å². The molecule has 0 spiro atoms. The van der Waals surface area contributed by atoms with E-state index in [0.717, 1.165) is 10.8 Å². The van der Waals surface area contributed by atoms with Crippen LogP contribution in [0.1, 0.15) is 48.6 Å². The Morgan fingerprint density at radius 3 is 2.60 bits per heavy atom. The molecule has 0 aliphatic carbocycles. The number of benzene rings is 2. The standard InChI is InChI=1S/C27H26N2O/c1-16-14-29-24(12-19(16)13-27(3,4)5)22-8-6-7-20-21-10-9-18-11-17(2)28-15-23(18)26(21)30-25(20)22/h6-12,14-15H,13H2,1-5H3/i1D3,2D3,13D2. The molecule has 0 aliphatic heterocycles. The van der Waals surface area contributed by atoms with Crippen molar-refractivity contribution in [2.45, 2.75) is 40.8 Å². The van der Waals surface area contributed by atoms with Crippen LogP contribution in [0.2, 0.25) is 0 Å². The van der Waals surface area contributed by atoms with Crippen LogP contribution in [0.4, 0.5) is 0 Å². The van der Waals surface area contributed by atoms with E-state index in [9.17, 15) is 0 Å². The van der Waals surface area contributed by atoms with Gasteiger partial charge >= 0.3 is 0 Å². The van der Waals surface area contributed by atoms with Crippen LogP contribution in [0.5, 0.6) is 0 Å². The summed E-state index contributed by atoms with van der Waals surface area (Å²) in [6.07, 6.45) is 0.776. The third kappa shape index (κ3) is 3.15. The summed E-state index contributed by atoms with van der Waals surface area (Å²) in [6.45, 7) is 0.324. The molecule has 0 radical (unpaired) electrons. The predicted molar refractivity (Wildman–Crippen MR) is 125 cm³/mol. The number of hydrogen-bond donors (Lipinski definition) is 0. The molecule has 0 saturated carbocycles. The number of nitrogens with zero attached hydrogens (tertiary/aromatic N) is 2. The van der Waals surface area contributed by atoms with Gasteiger partial charge in [0.2, 0.25) is 0 Å². The lowest BCUT2D eigenvalue weighted by Gasteiger charge is -2.20. The number of para-hydroxylation sites is 1. The summed E-state index contributed by atoms with van der Waals surface area (Å²) in [5.74, 6) is 0. The van der Waals surface area contributed by atoms with Gasteiger partial charge in [0, 0.05) is 50.8 Å². The summed E-state index contributed by atoms with van der Waals surface area (Å²) < 4.78 is 70.9. The lowest BCUT2D eigenvalue weighted by molar-refractivity contribution is 0.410. The highest BCUT2D eigenvalue weighted by Crippen LogP contribution is 2.38. The summed E-state index contributed by atoms with van der Waals surface area (Å²) in [5.41, 5.74) is 1.08. The van der Waals surface area contributed by atoms with E-state index in [4.69, 9.17) is 15.4 Å². The van der Waals surface area contributed by atoms with Crippen LogP contribution in [0.3, 0.4) is 0 Å². The van der Waals surface area contributed by atoms with Crippen LogP contribution in [0.15, 0.2) is 59.3 Å². The van der Waals surface area contributed by atoms with Crippen molar-refractivity contribution in [2.75, 3.05) is 0 Å². The molecule has 3 heteroatoms. The SMILES string of the molecule is [2H]C([2H])([2H])c1cc2ccc3c4cccc(-c5cc(C([2H])([2H])C(C)(C)C)c(C([2H])([2H])[2H])cn5)c4oc3c2cn1. The molecule has 0 atom stereocenters. The summed E-state index contributed by atoms with van der Waals surface area (Å²) >= 11 is 0. The number of pyridine rings is 2. The van der Waals surface area contributed by atoms with Gasteiger partial charge in [-0.25, -0.2) is 0 Å². The molecule has 0 fully saturated rings. The van der Waals surface area contributed by atoms with Crippen LogP contribution in [-0.2, 0) is 6.37 Å². The van der Waals surface area contributed by atoms with Crippen molar-refractivity contribution in [1.29, 1.82) is 0 Å². The average Bonchev–Trinajstić information content (AvgIpc) is 3.20. The molecule has 3 nitrogen and oxygen atoms in total. The lowest BCUT2D eigenvalue weighted by atomic mass is 9.86. The Hall–Kier alpha value is -3.20. The van der Waals surface area contributed by atoms with Gasteiger partial charge in [-0.05, 0) is 66.3 Å². The second kappa shape index (κ2) is 6.66. The van der Waals surface area contributed by atoms with E-state index >= 15 is 0 Å². The second-order valence-corrected chi connectivity index (χ2v) is 8.51. The summed E-state index contributed by atoms with van der Waals surface area (Å²) in [6, 6.07) is 12.3. The Bertz CT molecular complexity index is 1710. The quantitative estimate of drug-likeness (QED) is 0.309. The molecule has 0 bridgehead atoms. The third-order valence-corrected chi connectivity index (χ3v) is 5.05. The Labute approximate surface area is 188 Å². The number of rotatable bonds is 2. The number of fused-ring (bicyclic) bond motifs is 5. The molecule has 0 amide bonds. The van der Waals surface area contributed by atoms with Crippen LogP contribution < -0.4 is 0 Å². The molecule has 0 aliphatic rings. The highest BCUT2D eigenvalue weighted by Gasteiger charge is 2.18. The Balaban J connectivity index is 1.77. The van der Waals surface area contributed by atoms with E-state index in [1.807, 2.05) is 24.3 Å². The molecular weight excluding hydrogens is 368 g/mol. The average molecular weight is 403 g/mol. The molecule has 0 saturated heterocycles. The lowest BCUT2D eigenvalue weighted by Crippen LogP contribution is -2.10. The third-order valence-electron chi connectivity index (χ3n) is 5.05. The van der Waals surface area contributed by atoms with Crippen molar-refractivity contribution in [3.63, 3.8) is 0 Å². The van der Waals surface area contributed by atoms with Gasteiger partial charge in [0.15, 0.2) is 0 Å². The minimum Gasteiger partial charge on any atom is -0.455 e. The smallest absolute Gasteiger partial charge is 0.144 e. The molecule has 150 valence electrons. The van der Waals surface area contributed by atoms with Crippen molar-refractivity contribution in [3.05, 3.63) is 71.7 Å². The summed E-state index contributed by atoms with van der Waals surface area (Å²) in [4.78, 5) is 8.57. The fourth-order valence-electron chi connectivity index (χ4n) is 3.79. The first kappa shape index (κ1) is 11.8. The fraction of sp³-hybridized carbons (Fsp3) is 0.259.